The maximum absolute atomic E-state index is 13.7. The number of carbonyl (C=O) groups is 2. The molecule has 1 atom stereocenters. The normalized spacial score (nSPS) is 13.5. The van der Waals surface area contributed by atoms with Gasteiger partial charge in [-0.3, -0.25) is 9.59 Å². The molecule has 1 unspecified atom stereocenters. The molecule has 4 rings (SSSR count). The van der Waals surface area contributed by atoms with E-state index in [-0.39, 0.29) is 17.1 Å². The smallest absolute Gasteiger partial charge is 0.272 e. The van der Waals surface area contributed by atoms with Crippen molar-refractivity contribution in [3.05, 3.63) is 82.4 Å². The maximum atomic E-state index is 13.7. The fraction of sp³-hybridized carbons (Fsp3) is 0.227. The third kappa shape index (κ3) is 3.90. The van der Waals surface area contributed by atoms with Gasteiger partial charge in [-0.05, 0) is 61.2 Å². The summed E-state index contributed by atoms with van der Waals surface area (Å²) in [4.78, 5) is 25.4. The number of benzene rings is 2. The largest absolute Gasteiger partial charge is 0.357 e. The molecule has 2 aromatic carbocycles. The van der Waals surface area contributed by atoms with Crippen LogP contribution >= 0.6 is 0 Å². The second-order valence-corrected chi connectivity index (χ2v) is 7.21. The highest BCUT2D eigenvalue weighted by Crippen LogP contribution is 2.28. The number of nitrogens with zero attached hydrogens (tertiary/aromatic N) is 2. The lowest BCUT2D eigenvalue weighted by Crippen LogP contribution is -2.39. The maximum Gasteiger partial charge on any atom is 0.272 e. The number of halogens is 3. The number of likely N-dealkylation sites (N-methyl/N-ethyl adjacent to an activating group) is 1. The van der Waals surface area contributed by atoms with Crippen LogP contribution in [0.4, 0.5) is 13.2 Å². The molecular weight excluding hydrogens is 409 g/mol. The number of hydrogen-bond acceptors (Lipinski definition) is 3. The van der Waals surface area contributed by atoms with Crippen molar-refractivity contribution < 1.29 is 22.8 Å². The van der Waals surface area contributed by atoms with E-state index >= 15 is 0 Å². The first-order chi connectivity index (χ1) is 14.9. The molecule has 1 aliphatic rings. The highest BCUT2D eigenvalue weighted by atomic mass is 19.2. The van der Waals surface area contributed by atoms with Crippen molar-refractivity contribution in [2.24, 2.45) is 0 Å². The SMILES string of the molecule is CNC(=O)C(NC(=O)c1nn(-c2ccc(F)cc2)c2c1CCC2)c1ccc(F)c(F)c1. The summed E-state index contributed by atoms with van der Waals surface area (Å²) in [7, 11) is 1.38. The van der Waals surface area contributed by atoms with E-state index < -0.39 is 29.5 Å². The van der Waals surface area contributed by atoms with Crippen LogP contribution in [0.1, 0.15) is 39.8 Å². The molecule has 3 aromatic rings. The molecule has 1 aliphatic carbocycles. The van der Waals surface area contributed by atoms with Gasteiger partial charge in [0.15, 0.2) is 17.3 Å². The van der Waals surface area contributed by atoms with Gasteiger partial charge >= 0.3 is 0 Å². The molecule has 6 nitrogen and oxygen atoms in total. The van der Waals surface area contributed by atoms with E-state index in [4.69, 9.17) is 0 Å². The van der Waals surface area contributed by atoms with Crippen LogP contribution in [-0.4, -0.2) is 28.6 Å². The Hall–Kier alpha value is -3.62. The van der Waals surface area contributed by atoms with Crippen LogP contribution in [0.25, 0.3) is 5.69 Å². The minimum Gasteiger partial charge on any atom is -0.357 e. The number of amides is 2. The molecule has 0 fully saturated rings. The quantitative estimate of drug-likeness (QED) is 0.656. The Balaban J connectivity index is 1.68. The van der Waals surface area contributed by atoms with Crippen molar-refractivity contribution in [2.45, 2.75) is 25.3 Å². The molecule has 9 heteroatoms. The van der Waals surface area contributed by atoms with Crippen molar-refractivity contribution in [3.8, 4) is 5.69 Å². The fourth-order valence-corrected chi connectivity index (χ4v) is 3.75. The topological polar surface area (TPSA) is 76.0 Å². The van der Waals surface area contributed by atoms with Crippen LogP contribution < -0.4 is 10.6 Å². The van der Waals surface area contributed by atoms with Gasteiger partial charge in [0.2, 0.25) is 5.91 Å². The lowest BCUT2D eigenvalue weighted by atomic mass is 10.0. The zero-order valence-electron chi connectivity index (χ0n) is 16.6. The first-order valence-corrected chi connectivity index (χ1v) is 9.73. The molecule has 1 heterocycles. The molecule has 2 amide bonds. The van der Waals surface area contributed by atoms with Gasteiger partial charge in [-0.1, -0.05) is 6.07 Å². The molecular formula is C22H19F3N4O2. The molecule has 0 spiro atoms. The predicted molar refractivity (Wildman–Crippen MR) is 106 cm³/mol. The monoisotopic (exact) mass is 428 g/mol. The molecule has 2 N–H and O–H groups in total. The van der Waals surface area contributed by atoms with E-state index in [0.717, 1.165) is 29.8 Å². The van der Waals surface area contributed by atoms with E-state index in [9.17, 15) is 22.8 Å². The van der Waals surface area contributed by atoms with Crippen molar-refractivity contribution >= 4 is 11.8 Å². The second kappa shape index (κ2) is 8.25. The molecule has 0 aliphatic heterocycles. The van der Waals surface area contributed by atoms with Crippen LogP contribution in [0.3, 0.4) is 0 Å². The van der Waals surface area contributed by atoms with E-state index in [1.165, 1.54) is 25.2 Å². The average Bonchev–Trinajstić information content (AvgIpc) is 3.37. The third-order valence-electron chi connectivity index (χ3n) is 5.28. The highest BCUT2D eigenvalue weighted by Gasteiger charge is 2.30. The van der Waals surface area contributed by atoms with Gasteiger partial charge in [-0.15, -0.1) is 0 Å². The van der Waals surface area contributed by atoms with Crippen LogP contribution in [0.2, 0.25) is 0 Å². The van der Waals surface area contributed by atoms with Crippen molar-refractivity contribution in [1.29, 1.82) is 0 Å². The summed E-state index contributed by atoms with van der Waals surface area (Å²) in [5, 5.41) is 9.40. The molecule has 0 saturated heterocycles. The van der Waals surface area contributed by atoms with Gasteiger partial charge in [0.25, 0.3) is 5.91 Å². The van der Waals surface area contributed by atoms with Crippen LogP contribution in [0.15, 0.2) is 42.5 Å². The van der Waals surface area contributed by atoms with E-state index in [1.54, 1.807) is 16.8 Å². The summed E-state index contributed by atoms with van der Waals surface area (Å²) in [6.07, 6.45) is 2.17. The van der Waals surface area contributed by atoms with Gasteiger partial charge in [0.1, 0.15) is 11.9 Å². The zero-order chi connectivity index (χ0) is 22.1. The Morgan fingerprint density at radius 2 is 1.77 bits per heavy atom. The number of carbonyl (C=O) groups excluding carboxylic acids is 2. The van der Waals surface area contributed by atoms with Gasteiger partial charge in [-0.2, -0.15) is 5.10 Å². The summed E-state index contributed by atoms with van der Waals surface area (Å²) in [5.74, 6) is -3.76. The molecule has 0 bridgehead atoms. The van der Waals surface area contributed by atoms with E-state index in [0.29, 0.717) is 18.5 Å². The molecule has 1 aromatic heterocycles. The Bertz CT molecular complexity index is 1160. The van der Waals surface area contributed by atoms with Gasteiger partial charge in [0, 0.05) is 18.3 Å². The first kappa shape index (κ1) is 20.6. The third-order valence-corrected chi connectivity index (χ3v) is 5.28. The lowest BCUT2D eigenvalue weighted by molar-refractivity contribution is -0.122. The summed E-state index contributed by atoms with van der Waals surface area (Å²) in [6.45, 7) is 0. The van der Waals surface area contributed by atoms with E-state index in [2.05, 4.69) is 15.7 Å². The van der Waals surface area contributed by atoms with Crippen LogP contribution in [-0.2, 0) is 17.6 Å². The molecule has 160 valence electrons. The van der Waals surface area contributed by atoms with E-state index in [1.807, 2.05) is 0 Å². The first-order valence-electron chi connectivity index (χ1n) is 9.73. The summed E-state index contributed by atoms with van der Waals surface area (Å²) < 4.78 is 41.9. The molecule has 31 heavy (non-hydrogen) atoms. The summed E-state index contributed by atoms with van der Waals surface area (Å²) in [5.41, 5.74) is 2.46. The Morgan fingerprint density at radius 3 is 2.45 bits per heavy atom. The Labute approximate surface area is 176 Å². The molecule has 0 radical (unpaired) electrons. The summed E-state index contributed by atoms with van der Waals surface area (Å²) in [6, 6.07) is 7.52. The number of fused-ring (bicyclic) bond motifs is 1. The van der Waals surface area contributed by atoms with Gasteiger partial charge < -0.3 is 10.6 Å². The highest BCUT2D eigenvalue weighted by molar-refractivity contribution is 5.98. The van der Waals surface area contributed by atoms with Gasteiger partial charge in [-0.25, -0.2) is 17.9 Å². The zero-order valence-corrected chi connectivity index (χ0v) is 16.6. The standard InChI is InChI=1S/C22H19F3N4O2/c1-26-21(30)19(12-5-10-16(24)17(25)11-12)27-22(31)20-15-3-2-4-18(15)29(28-20)14-8-6-13(23)7-9-14/h5-11,19H,2-4H2,1H3,(H,26,30)(H,27,31). The summed E-state index contributed by atoms with van der Waals surface area (Å²) >= 11 is 0. The Morgan fingerprint density at radius 1 is 1.03 bits per heavy atom. The van der Waals surface area contributed by atoms with Crippen LogP contribution in [0.5, 0.6) is 0 Å². The minimum atomic E-state index is -1.24. The van der Waals surface area contributed by atoms with Gasteiger partial charge in [0.05, 0.1) is 5.69 Å². The second-order valence-electron chi connectivity index (χ2n) is 7.21. The predicted octanol–water partition coefficient (Wildman–Crippen LogP) is 3.00. The number of rotatable bonds is 5. The van der Waals surface area contributed by atoms with Crippen LogP contribution in [0, 0.1) is 17.5 Å². The van der Waals surface area contributed by atoms with Crippen molar-refractivity contribution in [2.75, 3.05) is 7.05 Å². The Kier molecular flexibility index (Phi) is 5.50. The minimum absolute atomic E-state index is 0.0983. The number of hydrogen-bond donors (Lipinski definition) is 2. The van der Waals surface area contributed by atoms with Crippen molar-refractivity contribution in [1.82, 2.24) is 20.4 Å². The van der Waals surface area contributed by atoms with Crippen molar-refractivity contribution in [3.63, 3.8) is 0 Å². The fourth-order valence-electron chi connectivity index (χ4n) is 3.75. The number of nitrogens with one attached hydrogen (secondary N) is 2. The average molecular weight is 428 g/mol. The molecule has 0 saturated carbocycles. The lowest BCUT2D eigenvalue weighted by Gasteiger charge is -2.17. The number of aromatic nitrogens is 2.